The normalized spacial score (nSPS) is 30.9. The number of carbonyl (C=O) groups excluding carboxylic acids is 1. The molecule has 0 radical (unpaired) electrons. The summed E-state index contributed by atoms with van der Waals surface area (Å²) in [6.45, 7) is 8.10. The smallest absolute Gasteiger partial charge is 0.222 e. The number of rotatable bonds is 15. The number of phenolic OH excluding ortho intramolecular Hbond substituents is 1. The fraction of sp³-hybridized carbons (Fsp3) is 0.800. The number of aromatic hydroxyl groups is 1. The summed E-state index contributed by atoms with van der Waals surface area (Å²) in [4.78, 5) is 14.6. The van der Waals surface area contributed by atoms with E-state index >= 15 is 4.39 Å². The SMILES string of the molecule is CCCCCCCCN(CCCCCCC1Cc2cc(O)ccc2C2C(F)C[C@]3(C)C(O)CCC3C12)C(=O)CC. The number of amides is 1. The van der Waals surface area contributed by atoms with Crippen molar-refractivity contribution in [3.8, 4) is 5.75 Å². The molecule has 4 rings (SSSR count). The van der Waals surface area contributed by atoms with Gasteiger partial charge in [0, 0.05) is 25.4 Å². The Kier molecular flexibility index (Phi) is 11.4. The second-order valence-electron chi connectivity index (χ2n) is 13.6. The van der Waals surface area contributed by atoms with Crippen molar-refractivity contribution in [1.82, 2.24) is 4.90 Å². The van der Waals surface area contributed by atoms with Crippen molar-refractivity contribution in [3.63, 3.8) is 0 Å². The second-order valence-corrected chi connectivity index (χ2v) is 13.6. The van der Waals surface area contributed by atoms with E-state index in [2.05, 4.69) is 18.7 Å². The van der Waals surface area contributed by atoms with E-state index in [1.807, 2.05) is 19.1 Å². The van der Waals surface area contributed by atoms with E-state index in [-0.39, 0.29) is 28.9 Å². The Morgan fingerprint density at radius 1 is 1.00 bits per heavy atom. The van der Waals surface area contributed by atoms with Gasteiger partial charge in [0.15, 0.2) is 0 Å². The second kappa shape index (κ2) is 14.5. The molecule has 2 fully saturated rings. The van der Waals surface area contributed by atoms with Crippen LogP contribution in [-0.2, 0) is 11.2 Å². The van der Waals surface area contributed by atoms with Gasteiger partial charge in [-0.1, -0.05) is 78.2 Å². The number of hydrogen-bond donors (Lipinski definition) is 2. The van der Waals surface area contributed by atoms with Crippen LogP contribution in [0.3, 0.4) is 0 Å². The van der Waals surface area contributed by atoms with Crippen LogP contribution in [0.15, 0.2) is 18.2 Å². The zero-order valence-electron chi connectivity index (χ0n) is 25.6. The predicted molar refractivity (Wildman–Crippen MR) is 161 cm³/mol. The van der Waals surface area contributed by atoms with Gasteiger partial charge in [0.2, 0.25) is 5.91 Å². The third-order valence-corrected chi connectivity index (χ3v) is 11.0. The van der Waals surface area contributed by atoms with Gasteiger partial charge in [-0.25, -0.2) is 4.39 Å². The molecule has 1 aromatic rings. The third kappa shape index (κ3) is 7.05. The zero-order valence-corrected chi connectivity index (χ0v) is 25.6. The fourth-order valence-corrected chi connectivity index (χ4v) is 8.76. The highest BCUT2D eigenvalue weighted by Crippen LogP contribution is 2.63. The van der Waals surface area contributed by atoms with Crippen molar-refractivity contribution < 1.29 is 19.4 Å². The van der Waals surface area contributed by atoms with E-state index in [1.165, 1.54) is 32.1 Å². The van der Waals surface area contributed by atoms with Crippen LogP contribution in [0, 0.1) is 23.2 Å². The molecule has 7 atom stereocenters. The van der Waals surface area contributed by atoms with Gasteiger partial charge in [0.25, 0.3) is 0 Å². The first kappa shape index (κ1) is 31.3. The van der Waals surface area contributed by atoms with Crippen molar-refractivity contribution in [1.29, 1.82) is 0 Å². The van der Waals surface area contributed by atoms with Crippen LogP contribution in [0.5, 0.6) is 5.75 Å². The van der Waals surface area contributed by atoms with Crippen molar-refractivity contribution in [2.24, 2.45) is 23.2 Å². The molecule has 0 heterocycles. The molecule has 4 nitrogen and oxygen atoms in total. The van der Waals surface area contributed by atoms with Gasteiger partial charge < -0.3 is 15.1 Å². The Morgan fingerprint density at radius 3 is 2.38 bits per heavy atom. The molecular weight excluding hydrogens is 501 g/mol. The Labute approximate surface area is 243 Å². The molecule has 2 saturated carbocycles. The number of alkyl halides is 1. The Balaban J connectivity index is 1.30. The Morgan fingerprint density at radius 2 is 1.68 bits per heavy atom. The molecule has 1 aromatic carbocycles. The summed E-state index contributed by atoms with van der Waals surface area (Å²) in [5.41, 5.74) is 1.90. The number of aliphatic hydroxyl groups is 1. The number of unbranched alkanes of at least 4 members (excludes halogenated alkanes) is 8. The number of carbonyl (C=O) groups is 1. The average Bonchev–Trinajstić information content (AvgIpc) is 3.23. The molecular formula is C35H56FNO3. The minimum atomic E-state index is -0.946. The van der Waals surface area contributed by atoms with Crippen molar-refractivity contribution in [2.75, 3.05) is 13.1 Å². The van der Waals surface area contributed by atoms with Crippen LogP contribution in [0.25, 0.3) is 0 Å². The quantitative estimate of drug-likeness (QED) is 0.213. The van der Waals surface area contributed by atoms with Gasteiger partial charge >= 0.3 is 0 Å². The Hall–Kier alpha value is -1.62. The maximum absolute atomic E-state index is 15.9. The lowest BCUT2D eigenvalue weighted by Crippen LogP contribution is -2.51. The van der Waals surface area contributed by atoms with Crippen LogP contribution < -0.4 is 0 Å². The maximum Gasteiger partial charge on any atom is 0.222 e. The molecule has 0 aliphatic heterocycles. The van der Waals surface area contributed by atoms with E-state index in [1.54, 1.807) is 6.07 Å². The maximum atomic E-state index is 15.9. The summed E-state index contributed by atoms with van der Waals surface area (Å²) >= 11 is 0. The largest absolute Gasteiger partial charge is 0.508 e. The van der Waals surface area contributed by atoms with Crippen molar-refractivity contribution in [3.05, 3.63) is 29.3 Å². The number of hydrogen-bond acceptors (Lipinski definition) is 3. The van der Waals surface area contributed by atoms with Crippen LogP contribution in [0.4, 0.5) is 4.39 Å². The summed E-state index contributed by atoms with van der Waals surface area (Å²) in [6, 6.07) is 5.55. The minimum absolute atomic E-state index is 0.117. The molecule has 0 spiro atoms. The van der Waals surface area contributed by atoms with Gasteiger partial charge in [0.05, 0.1) is 6.10 Å². The summed E-state index contributed by atoms with van der Waals surface area (Å²) in [5.74, 6) is 1.45. The first-order chi connectivity index (χ1) is 19.3. The van der Waals surface area contributed by atoms with Gasteiger partial charge in [-0.3, -0.25) is 4.79 Å². The van der Waals surface area contributed by atoms with E-state index in [4.69, 9.17) is 0 Å². The van der Waals surface area contributed by atoms with Crippen LogP contribution in [0.2, 0.25) is 0 Å². The number of aliphatic hydroxyl groups excluding tert-OH is 1. The fourth-order valence-electron chi connectivity index (χ4n) is 8.76. The van der Waals surface area contributed by atoms with E-state index < -0.39 is 12.3 Å². The number of fused-ring (bicyclic) bond motifs is 5. The van der Waals surface area contributed by atoms with E-state index in [9.17, 15) is 15.0 Å². The minimum Gasteiger partial charge on any atom is -0.508 e. The zero-order chi connectivity index (χ0) is 28.7. The highest BCUT2D eigenvalue weighted by atomic mass is 19.1. The van der Waals surface area contributed by atoms with Crippen molar-refractivity contribution in [2.45, 2.75) is 142 Å². The van der Waals surface area contributed by atoms with Crippen LogP contribution in [-0.4, -0.2) is 46.4 Å². The summed E-state index contributed by atoms with van der Waals surface area (Å²) in [7, 11) is 0. The molecule has 3 aliphatic carbocycles. The molecule has 40 heavy (non-hydrogen) atoms. The topological polar surface area (TPSA) is 60.8 Å². The van der Waals surface area contributed by atoms with Crippen molar-refractivity contribution >= 4 is 5.91 Å². The predicted octanol–water partition coefficient (Wildman–Crippen LogP) is 8.33. The molecule has 6 unspecified atom stereocenters. The summed E-state index contributed by atoms with van der Waals surface area (Å²) in [5, 5.41) is 21.0. The van der Waals surface area contributed by atoms with E-state index in [0.717, 1.165) is 82.0 Å². The first-order valence-corrected chi connectivity index (χ1v) is 16.7. The van der Waals surface area contributed by atoms with Gasteiger partial charge in [0.1, 0.15) is 11.9 Å². The molecule has 0 saturated heterocycles. The molecule has 226 valence electrons. The number of nitrogens with zero attached hydrogens (tertiary/aromatic N) is 1. The van der Waals surface area contributed by atoms with Crippen LogP contribution >= 0.6 is 0 Å². The third-order valence-electron chi connectivity index (χ3n) is 11.0. The standard InChI is InChI=1S/C35H56FNO3/c1-4-6-7-8-10-13-20-37(32(40)5-2)21-14-11-9-12-15-25-22-26-23-27(38)16-17-28(26)34-30(36)24-35(3)29(33(25)34)18-19-31(35)39/h16-17,23,25,29-31,33-34,38-39H,4-15,18-22,24H2,1-3H3/t25?,29?,30?,31?,33?,34?,35-/m0/s1. The lowest BCUT2D eigenvalue weighted by atomic mass is 9.51. The van der Waals surface area contributed by atoms with E-state index in [0.29, 0.717) is 24.7 Å². The monoisotopic (exact) mass is 557 g/mol. The number of halogens is 1. The van der Waals surface area contributed by atoms with Gasteiger partial charge in [-0.2, -0.15) is 0 Å². The molecule has 5 heteroatoms. The highest BCUT2D eigenvalue weighted by molar-refractivity contribution is 5.75. The summed E-state index contributed by atoms with van der Waals surface area (Å²) in [6.07, 6.45) is 15.3. The summed E-state index contributed by atoms with van der Waals surface area (Å²) < 4.78 is 15.9. The van der Waals surface area contributed by atoms with Gasteiger partial charge in [-0.15, -0.1) is 0 Å². The number of benzene rings is 1. The Bertz CT molecular complexity index is 953. The van der Waals surface area contributed by atoms with Gasteiger partial charge in [-0.05, 0) is 91.4 Å². The lowest BCUT2D eigenvalue weighted by molar-refractivity contribution is -0.131. The average molecular weight is 558 g/mol. The van der Waals surface area contributed by atoms with Crippen LogP contribution in [0.1, 0.15) is 134 Å². The first-order valence-electron chi connectivity index (χ1n) is 16.7. The lowest BCUT2D eigenvalue weighted by Gasteiger charge is -2.54. The molecule has 2 N–H and O–H groups in total. The number of phenols is 1. The highest BCUT2D eigenvalue weighted by Gasteiger charge is 2.59. The molecule has 1 amide bonds. The molecule has 0 aromatic heterocycles. The molecule has 0 bridgehead atoms. The molecule has 3 aliphatic rings.